The SMILES string of the molecule is CCC(Oc1cccc(Cn2c(C(F)(F)F)c(-c3ccc(OC)cc3)c3ccc(OC(F)(F)F)cc32)c1)C(=O)O. The van der Waals surface area contributed by atoms with Gasteiger partial charge in [0, 0.05) is 23.6 Å². The Morgan fingerprint density at radius 2 is 1.60 bits per heavy atom. The van der Waals surface area contributed by atoms with Crippen LogP contribution in [0.25, 0.3) is 22.0 Å². The van der Waals surface area contributed by atoms with Crippen LogP contribution < -0.4 is 14.2 Å². The monoisotopic (exact) mass is 567 g/mol. The Labute approximate surface area is 224 Å². The maximum atomic E-state index is 14.7. The van der Waals surface area contributed by atoms with E-state index < -0.39 is 42.6 Å². The Morgan fingerprint density at radius 1 is 0.925 bits per heavy atom. The molecule has 0 aliphatic rings. The number of aromatic nitrogens is 1. The summed E-state index contributed by atoms with van der Waals surface area (Å²) in [6, 6.07) is 14.7. The maximum Gasteiger partial charge on any atom is 0.573 e. The third kappa shape index (κ3) is 6.27. The number of methoxy groups -OCH3 is 1. The van der Waals surface area contributed by atoms with Crippen molar-refractivity contribution in [1.82, 2.24) is 4.57 Å². The van der Waals surface area contributed by atoms with Crippen LogP contribution in [0.5, 0.6) is 17.2 Å². The topological polar surface area (TPSA) is 69.9 Å². The number of aliphatic carboxylic acids is 1. The number of rotatable bonds is 9. The molecule has 40 heavy (non-hydrogen) atoms. The zero-order valence-electron chi connectivity index (χ0n) is 21.1. The standard InChI is InChI=1S/C28H23F6NO5/c1-3-23(26(36)37)39-19-6-4-5-16(13-19)15-35-22-14-20(40-28(32,33)34)11-12-21(22)24(25(35)27(29,30)31)17-7-9-18(38-2)10-8-17/h4-14,23H,3,15H2,1-2H3,(H,36,37). The molecule has 0 aliphatic carbocycles. The van der Waals surface area contributed by atoms with Gasteiger partial charge in [-0.25, -0.2) is 4.79 Å². The molecule has 4 rings (SSSR count). The van der Waals surface area contributed by atoms with E-state index >= 15 is 0 Å². The lowest BCUT2D eigenvalue weighted by Gasteiger charge is -2.17. The van der Waals surface area contributed by atoms with E-state index in [1.807, 2.05) is 0 Å². The Hall–Kier alpha value is -4.35. The van der Waals surface area contributed by atoms with Gasteiger partial charge in [0.05, 0.1) is 12.6 Å². The van der Waals surface area contributed by atoms with Gasteiger partial charge in [0.15, 0.2) is 6.10 Å². The van der Waals surface area contributed by atoms with Gasteiger partial charge in [-0.05, 0) is 53.9 Å². The quantitative estimate of drug-likeness (QED) is 0.212. The molecule has 0 fully saturated rings. The Kier molecular flexibility index (Phi) is 7.90. The molecule has 1 atom stereocenters. The van der Waals surface area contributed by atoms with Crippen LogP contribution in [0.3, 0.4) is 0 Å². The number of benzene rings is 3. The van der Waals surface area contributed by atoms with Gasteiger partial charge in [0.2, 0.25) is 0 Å². The average molecular weight is 567 g/mol. The molecule has 0 radical (unpaired) electrons. The van der Waals surface area contributed by atoms with Crippen LogP contribution in [0.4, 0.5) is 26.3 Å². The van der Waals surface area contributed by atoms with E-state index in [9.17, 15) is 36.2 Å². The smallest absolute Gasteiger partial charge is 0.497 e. The summed E-state index contributed by atoms with van der Waals surface area (Å²) < 4.78 is 98.4. The van der Waals surface area contributed by atoms with Crippen molar-refractivity contribution in [3.8, 4) is 28.4 Å². The first kappa shape index (κ1) is 28.7. The lowest BCUT2D eigenvalue weighted by Crippen LogP contribution is -2.25. The van der Waals surface area contributed by atoms with E-state index in [1.165, 1.54) is 55.6 Å². The zero-order valence-corrected chi connectivity index (χ0v) is 21.1. The second kappa shape index (κ2) is 11.0. The fourth-order valence-corrected chi connectivity index (χ4v) is 4.41. The fourth-order valence-electron chi connectivity index (χ4n) is 4.41. The van der Waals surface area contributed by atoms with Gasteiger partial charge in [-0.3, -0.25) is 0 Å². The summed E-state index contributed by atoms with van der Waals surface area (Å²) in [7, 11) is 1.40. The third-order valence-electron chi connectivity index (χ3n) is 6.08. The van der Waals surface area contributed by atoms with Gasteiger partial charge in [0.1, 0.15) is 22.9 Å². The molecule has 1 heterocycles. The van der Waals surface area contributed by atoms with Gasteiger partial charge in [-0.2, -0.15) is 13.2 Å². The van der Waals surface area contributed by atoms with Crippen LogP contribution >= 0.6 is 0 Å². The van der Waals surface area contributed by atoms with Gasteiger partial charge < -0.3 is 23.9 Å². The maximum absolute atomic E-state index is 14.7. The molecule has 1 aromatic heterocycles. The number of carboxylic acids is 1. The first-order valence-electron chi connectivity index (χ1n) is 11.9. The molecule has 0 saturated carbocycles. The second-order valence-electron chi connectivity index (χ2n) is 8.76. The predicted molar refractivity (Wildman–Crippen MR) is 133 cm³/mol. The molecule has 0 spiro atoms. The van der Waals surface area contributed by atoms with Crippen molar-refractivity contribution in [3.05, 3.63) is 78.0 Å². The number of fused-ring (bicyclic) bond motifs is 1. The molecule has 6 nitrogen and oxygen atoms in total. The number of nitrogens with zero attached hydrogens (tertiary/aromatic N) is 1. The molecule has 0 bridgehead atoms. The van der Waals surface area contributed by atoms with Crippen molar-refractivity contribution in [1.29, 1.82) is 0 Å². The van der Waals surface area contributed by atoms with Crippen LogP contribution in [0.15, 0.2) is 66.7 Å². The van der Waals surface area contributed by atoms with Crippen molar-refractivity contribution in [2.24, 2.45) is 0 Å². The summed E-state index contributed by atoms with van der Waals surface area (Å²) in [6.45, 7) is 1.18. The lowest BCUT2D eigenvalue weighted by molar-refractivity contribution is -0.274. The Balaban J connectivity index is 1.92. The minimum absolute atomic E-state index is 0.0522. The number of alkyl halides is 6. The molecule has 1 N–H and O–H groups in total. The van der Waals surface area contributed by atoms with Crippen molar-refractivity contribution < 1.29 is 50.5 Å². The highest BCUT2D eigenvalue weighted by Gasteiger charge is 2.40. The Morgan fingerprint density at radius 3 is 2.17 bits per heavy atom. The molecule has 0 aliphatic heterocycles. The summed E-state index contributed by atoms with van der Waals surface area (Å²) in [6.07, 6.45) is -11.0. The van der Waals surface area contributed by atoms with Crippen LogP contribution in [0.2, 0.25) is 0 Å². The van der Waals surface area contributed by atoms with E-state index in [4.69, 9.17) is 9.47 Å². The van der Waals surface area contributed by atoms with E-state index in [1.54, 1.807) is 6.92 Å². The van der Waals surface area contributed by atoms with E-state index in [0.29, 0.717) is 11.3 Å². The minimum Gasteiger partial charge on any atom is -0.497 e. The number of hydrogen-bond acceptors (Lipinski definition) is 4. The first-order chi connectivity index (χ1) is 18.8. The van der Waals surface area contributed by atoms with Gasteiger partial charge in [0.25, 0.3) is 0 Å². The van der Waals surface area contributed by atoms with Gasteiger partial charge in [-0.1, -0.05) is 31.2 Å². The largest absolute Gasteiger partial charge is 0.573 e. The summed E-state index contributed by atoms with van der Waals surface area (Å²) in [5.74, 6) is -1.36. The van der Waals surface area contributed by atoms with Crippen molar-refractivity contribution in [2.45, 2.75) is 38.5 Å². The molecule has 12 heteroatoms. The van der Waals surface area contributed by atoms with E-state index in [0.717, 1.165) is 22.8 Å². The second-order valence-corrected chi connectivity index (χ2v) is 8.76. The highest BCUT2D eigenvalue weighted by Crippen LogP contribution is 2.45. The van der Waals surface area contributed by atoms with Gasteiger partial charge in [-0.15, -0.1) is 13.2 Å². The highest BCUT2D eigenvalue weighted by atomic mass is 19.4. The molecule has 0 amide bonds. The summed E-state index contributed by atoms with van der Waals surface area (Å²) in [5, 5.41) is 9.33. The summed E-state index contributed by atoms with van der Waals surface area (Å²) in [5.41, 5.74) is -0.995. The van der Waals surface area contributed by atoms with Crippen molar-refractivity contribution in [3.63, 3.8) is 0 Å². The summed E-state index contributed by atoms with van der Waals surface area (Å²) >= 11 is 0. The molecule has 4 aromatic rings. The van der Waals surface area contributed by atoms with Crippen LogP contribution in [0.1, 0.15) is 24.6 Å². The van der Waals surface area contributed by atoms with E-state index in [2.05, 4.69) is 4.74 Å². The molecule has 0 saturated heterocycles. The number of hydrogen-bond donors (Lipinski definition) is 1. The molecule has 212 valence electrons. The number of ether oxygens (including phenoxy) is 3. The molecular formula is C28H23F6NO5. The fraction of sp³-hybridized carbons (Fsp3) is 0.250. The summed E-state index contributed by atoms with van der Waals surface area (Å²) in [4.78, 5) is 11.4. The number of halogens is 6. The van der Waals surface area contributed by atoms with Gasteiger partial charge >= 0.3 is 18.5 Å². The predicted octanol–water partition coefficient (Wildman–Crippen LogP) is 7.52. The van der Waals surface area contributed by atoms with Crippen LogP contribution in [0, 0.1) is 0 Å². The Bertz CT molecular complexity index is 1510. The zero-order chi connectivity index (χ0) is 29.2. The third-order valence-corrected chi connectivity index (χ3v) is 6.08. The number of carbonyl (C=O) groups is 1. The molecular weight excluding hydrogens is 544 g/mol. The van der Waals surface area contributed by atoms with Crippen molar-refractivity contribution in [2.75, 3.05) is 7.11 Å². The first-order valence-corrected chi connectivity index (χ1v) is 11.9. The van der Waals surface area contributed by atoms with E-state index in [-0.39, 0.29) is 34.2 Å². The van der Waals surface area contributed by atoms with Crippen LogP contribution in [-0.2, 0) is 17.5 Å². The lowest BCUT2D eigenvalue weighted by atomic mass is 10.0. The van der Waals surface area contributed by atoms with Crippen LogP contribution in [-0.4, -0.2) is 35.2 Å². The molecule has 3 aromatic carbocycles. The minimum atomic E-state index is -5.05. The highest BCUT2D eigenvalue weighted by molar-refractivity contribution is 5.99. The molecule has 1 unspecified atom stereocenters. The average Bonchev–Trinajstić information content (AvgIpc) is 3.20. The normalized spacial score (nSPS) is 12.8. The van der Waals surface area contributed by atoms with Crippen molar-refractivity contribution >= 4 is 16.9 Å². The number of carboxylic acid groups (broad SMARTS) is 1.